The number of hydrogen-bond donors (Lipinski definition) is 0. The molecule has 15 heavy (non-hydrogen) atoms. The van der Waals surface area contributed by atoms with E-state index >= 15 is 0 Å². The van der Waals surface area contributed by atoms with Crippen molar-refractivity contribution in [1.82, 2.24) is 0 Å². The second kappa shape index (κ2) is 6.23. The van der Waals surface area contributed by atoms with E-state index in [0.29, 0.717) is 6.42 Å². The van der Waals surface area contributed by atoms with Gasteiger partial charge in [0, 0.05) is 0 Å². The standard InChI is InChI=1S/C13H17FO/c1-3-4-5-12(14)10-11-6-8-13(15-2)9-7-11/h6-10H,3-5H2,1-2H3. The first-order valence-corrected chi connectivity index (χ1v) is 5.26. The average molecular weight is 208 g/mol. The lowest BCUT2D eigenvalue weighted by Gasteiger charge is -2.00. The second-order valence-corrected chi connectivity index (χ2v) is 3.47. The lowest BCUT2D eigenvalue weighted by molar-refractivity contribution is 0.415. The first kappa shape index (κ1) is 11.8. The Hall–Kier alpha value is -1.31. The van der Waals surface area contributed by atoms with Crippen molar-refractivity contribution in [2.45, 2.75) is 26.2 Å². The van der Waals surface area contributed by atoms with E-state index in [1.807, 2.05) is 24.3 Å². The maximum absolute atomic E-state index is 13.3. The van der Waals surface area contributed by atoms with E-state index in [9.17, 15) is 4.39 Å². The average Bonchev–Trinajstić information content (AvgIpc) is 2.27. The van der Waals surface area contributed by atoms with Crippen LogP contribution < -0.4 is 4.74 Å². The van der Waals surface area contributed by atoms with Gasteiger partial charge in [0.15, 0.2) is 0 Å². The molecule has 0 fully saturated rings. The highest BCUT2D eigenvalue weighted by molar-refractivity contribution is 5.52. The van der Waals surface area contributed by atoms with Crippen molar-refractivity contribution in [3.8, 4) is 5.75 Å². The monoisotopic (exact) mass is 208 g/mol. The zero-order valence-electron chi connectivity index (χ0n) is 9.29. The Kier molecular flexibility index (Phi) is 4.88. The molecule has 1 nitrogen and oxygen atoms in total. The van der Waals surface area contributed by atoms with E-state index < -0.39 is 0 Å². The van der Waals surface area contributed by atoms with Crippen LogP contribution in [0.4, 0.5) is 4.39 Å². The van der Waals surface area contributed by atoms with E-state index in [2.05, 4.69) is 6.92 Å². The molecule has 0 radical (unpaired) electrons. The summed E-state index contributed by atoms with van der Waals surface area (Å²) < 4.78 is 18.3. The summed E-state index contributed by atoms with van der Waals surface area (Å²) in [6, 6.07) is 7.37. The number of halogens is 1. The van der Waals surface area contributed by atoms with Crippen molar-refractivity contribution in [2.24, 2.45) is 0 Å². The summed E-state index contributed by atoms with van der Waals surface area (Å²) in [6.45, 7) is 2.06. The SMILES string of the molecule is CCCCC(F)=Cc1ccc(OC)cc1. The third kappa shape index (κ3) is 4.15. The molecular formula is C13H17FO. The van der Waals surface area contributed by atoms with Gasteiger partial charge in [0.25, 0.3) is 0 Å². The van der Waals surface area contributed by atoms with Gasteiger partial charge in [0.1, 0.15) is 11.6 Å². The third-order valence-electron chi connectivity index (χ3n) is 2.21. The highest BCUT2D eigenvalue weighted by atomic mass is 19.1. The fraction of sp³-hybridized carbons (Fsp3) is 0.385. The smallest absolute Gasteiger partial charge is 0.118 e. The van der Waals surface area contributed by atoms with Gasteiger partial charge >= 0.3 is 0 Å². The van der Waals surface area contributed by atoms with Gasteiger partial charge in [-0.1, -0.05) is 25.5 Å². The zero-order valence-corrected chi connectivity index (χ0v) is 9.29. The summed E-state index contributed by atoms with van der Waals surface area (Å²) >= 11 is 0. The van der Waals surface area contributed by atoms with Crippen LogP contribution in [0.5, 0.6) is 5.75 Å². The molecule has 1 aromatic rings. The molecule has 0 unspecified atom stereocenters. The number of rotatable bonds is 5. The highest BCUT2D eigenvalue weighted by Crippen LogP contribution is 2.16. The van der Waals surface area contributed by atoms with Crippen LogP contribution in [-0.2, 0) is 0 Å². The van der Waals surface area contributed by atoms with Crippen molar-refractivity contribution >= 4 is 6.08 Å². The lowest BCUT2D eigenvalue weighted by atomic mass is 10.1. The topological polar surface area (TPSA) is 9.23 Å². The maximum Gasteiger partial charge on any atom is 0.118 e. The number of ether oxygens (including phenoxy) is 1. The van der Waals surface area contributed by atoms with Gasteiger partial charge in [-0.2, -0.15) is 0 Å². The van der Waals surface area contributed by atoms with Gasteiger partial charge in [-0.3, -0.25) is 0 Å². The van der Waals surface area contributed by atoms with Crippen LogP contribution in [0.1, 0.15) is 31.7 Å². The lowest BCUT2D eigenvalue weighted by Crippen LogP contribution is -1.82. The fourth-order valence-corrected chi connectivity index (χ4v) is 1.30. The zero-order chi connectivity index (χ0) is 11.1. The molecule has 0 aliphatic carbocycles. The number of benzene rings is 1. The first-order valence-electron chi connectivity index (χ1n) is 5.26. The molecule has 0 bridgehead atoms. The Morgan fingerprint density at radius 3 is 2.53 bits per heavy atom. The summed E-state index contributed by atoms with van der Waals surface area (Å²) in [5, 5.41) is 0. The van der Waals surface area contributed by atoms with Crippen LogP contribution in [0.25, 0.3) is 6.08 Å². The summed E-state index contributed by atoms with van der Waals surface area (Å²) in [7, 11) is 1.62. The Bertz CT molecular complexity index is 314. The number of methoxy groups -OCH3 is 1. The van der Waals surface area contributed by atoms with Crippen molar-refractivity contribution in [3.63, 3.8) is 0 Å². The van der Waals surface area contributed by atoms with Crippen molar-refractivity contribution in [2.75, 3.05) is 7.11 Å². The van der Waals surface area contributed by atoms with Crippen LogP contribution in [0.15, 0.2) is 30.1 Å². The van der Waals surface area contributed by atoms with Gasteiger partial charge in [-0.25, -0.2) is 4.39 Å². The van der Waals surface area contributed by atoms with Crippen molar-refractivity contribution in [3.05, 3.63) is 35.7 Å². The summed E-state index contributed by atoms with van der Waals surface area (Å²) in [5.41, 5.74) is 0.879. The molecule has 0 amide bonds. The molecule has 0 aliphatic rings. The van der Waals surface area contributed by atoms with Crippen LogP contribution in [-0.4, -0.2) is 7.11 Å². The molecule has 0 spiro atoms. The Labute approximate surface area is 90.6 Å². The van der Waals surface area contributed by atoms with Crippen LogP contribution >= 0.6 is 0 Å². The largest absolute Gasteiger partial charge is 0.497 e. The first-order chi connectivity index (χ1) is 7.26. The molecule has 0 saturated carbocycles. The number of hydrogen-bond acceptors (Lipinski definition) is 1. The predicted octanol–water partition coefficient (Wildman–Crippen LogP) is 4.20. The fourth-order valence-electron chi connectivity index (χ4n) is 1.30. The minimum absolute atomic E-state index is 0.0537. The van der Waals surface area contributed by atoms with Crippen molar-refractivity contribution < 1.29 is 9.13 Å². The maximum atomic E-state index is 13.3. The molecule has 2 heteroatoms. The Balaban J connectivity index is 2.62. The summed E-state index contributed by atoms with van der Waals surface area (Å²) in [6.07, 6.45) is 4.03. The van der Waals surface area contributed by atoms with E-state index in [0.717, 1.165) is 24.2 Å². The second-order valence-electron chi connectivity index (χ2n) is 3.47. The van der Waals surface area contributed by atoms with Gasteiger partial charge < -0.3 is 4.74 Å². The molecule has 0 N–H and O–H groups in total. The Morgan fingerprint density at radius 1 is 1.33 bits per heavy atom. The van der Waals surface area contributed by atoms with Crippen LogP contribution in [0, 0.1) is 0 Å². The van der Waals surface area contributed by atoms with Gasteiger partial charge in [-0.15, -0.1) is 0 Å². The molecule has 0 heterocycles. The molecule has 0 aromatic heterocycles. The quantitative estimate of drug-likeness (QED) is 0.704. The predicted molar refractivity (Wildman–Crippen MR) is 61.6 cm³/mol. The molecule has 1 rings (SSSR count). The molecule has 0 atom stereocenters. The number of unbranched alkanes of at least 4 members (excludes halogenated alkanes) is 1. The third-order valence-corrected chi connectivity index (χ3v) is 2.21. The summed E-state index contributed by atoms with van der Waals surface area (Å²) in [4.78, 5) is 0. The van der Waals surface area contributed by atoms with Crippen LogP contribution in [0.3, 0.4) is 0 Å². The molecule has 1 aromatic carbocycles. The molecule has 0 aliphatic heterocycles. The van der Waals surface area contributed by atoms with E-state index in [-0.39, 0.29) is 5.83 Å². The van der Waals surface area contributed by atoms with Gasteiger partial charge in [0.2, 0.25) is 0 Å². The van der Waals surface area contributed by atoms with E-state index in [1.165, 1.54) is 0 Å². The molecular weight excluding hydrogens is 191 g/mol. The Morgan fingerprint density at radius 2 is 2.00 bits per heavy atom. The van der Waals surface area contributed by atoms with Crippen molar-refractivity contribution in [1.29, 1.82) is 0 Å². The molecule has 0 saturated heterocycles. The normalized spacial score (nSPS) is 11.5. The van der Waals surface area contributed by atoms with E-state index in [4.69, 9.17) is 4.74 Å². The van der Waals surface area contributed by atoms with E-state index in [1.54, 1.807) is 13.2 Å². The molecule has 82 valence electrons. The minimum atomic E-state index is -0.0537. The number of allylic oxidation sites excluding steroid dienone is 1. The summed E-state index contributed by atoms with van der Waals surface area (Å²) in [5.74, 6) is 0.739. The van der Waals surface area contributed by atoms with Crippen LogP contribution in [0.2, 0.25) is 0 Å². The highest BCUT2D eigenvalue weighted by Gasteiger charge is 1.96. The minimum Gasteiger partial charge on any atom is -0.497 e. The van der Waals surface area contributed by atoms with Gasteiger partial charge in [0.05, 0.1) is 7.11 Å². The van der Waals surface area contributed by atoms with Gasteiger partial charge in [-0.05, 0) is 36.6 Å².